The van der Waals surface area contributed by atoms with Crippen LogP contribution in [0.3, 0.4) is 0 Å². The molecular weight excluding hydrogens is 174 g/mol. The second-order valence-electron chi connectivity index (χ2n) is 4.20. The van der Waals surface area contributed by atoms with Gasteiger partial charge in [-0.15, -0.1) is 0 Å². The Labute approximate surface area is 86.2 Å². The first-order chi connectivity index (χ1) is 6.83. The van der Waals surface area contributed by atoms with Crippen LogP contribution in [-0.4, -0.2) is 37.7 Å². The van der Waals surface area contributed by atoms with Crippen LogP contribution in [0.4, 0.5) is 0 Å². The first-order valence-electron chi connectivity index (χ1n) is 5.44. The minimum absolute atomic E-state index is 0.645. The van der Waals surface area contributed by atoms with E-state index in [4.69, 9.17) is 4.74 Å². The zero-order valence-electron chi connectivity index (χ0n) is 8.96. The molecule has 2 fully saturated rings. The van der Waals surface area contributed by atoms with Crippen LogP contribution >= 0.6 is 0 Å². The highest BCUT2D eigenvalue weighted by molar-refractivity contribution is 5.39. The lowest BCUT2D eigenvalue weighted by molar-refractivity contribution is 0.212. The Morgan fingerprint density at radius 3 is 3.21 bits per heavy atom. The average Bonchev–Trinajstić information content (AvgIpc) is 2.51. The molecular formula is C12H19NO. The van der Waals surface area contributed by atoms with E-state index in [0.29, 0.717) is 6.04 Å². The minimum Gasteiger partial charge on any atom is -0.381 e. The Balaban J connectivity index is 2.11. The van der Waals surface area contributed by atoms with Gasteiger partial charge < -0.3 is 4.74 Å². The molecule has 0 radical (unpaired) electrons. The largest absolute Gasteiger partial charge is 0.381 e. The van der Waals surface area contributed by atoms with Crippen LogP contribution in [0.2, 0.25) is 0 Å². The van der Waals surface area contributed by atoms with Gasteiger partial charge in [0.05, 0.1) is 6.61 Å². The first-order valence-corrected chi connectivity index (χ1v) is 5.44. The van der Waals surface area contributed by atoms with Crippen LogP contribution in [0.1, 0.15) is 19.3 Å². The van der Waals surface area contributed by atoms with Gasteiger partial charge in [-0.05, 0) is 30.5 Å². The molecule has 1 unspecified atom stereocenters. The summed E-state index contributed by atoms with van der Waals surface area (Å²) in [6, 6.07) is 0.645. The van der Waals surface area contributed by atoms with Gasteiger partial charge in [0.25, 0.3) is 0 Å². The zero-order chi connectivity index (χ0) is 9.97. The maximum absolute atomic E-state index is 5.10. The fourth-order valence-corrected chi connectivity index (χ4v) is 2.56. The summed E-state index contributed by atoms with van der Waals surface area (Å²) in [6.07, 6.45) is 6.22. The van der Waals surface area contributed by atoms with Crippen molar-refractivity contribution in [2.75, 3.05) is 26.8 Å². The summed E-state index contributed by atoms with van der Waals surface area (Å²) >= 11 is 0. The number of ether oxygens (including phenoxy) is 1. The monoisotopic (exact) mass is 193 g/mol. The SMILES string of the molecule is C=C1CN2CCCCC2/C1=C\COC. The van der Waals surface area contributed by atoms with Crippen molar-refractivity contribution in [3.05, 3.63) is 23.8 Å². The van der Waals surface area contributed by atoms with Crippen molar-refractivity contribution in [2.45, 2.75) is 25.3 Å². The molecule has 0 bridgehead atoms. The molecule has 0 aromatic heterocycles. The quantitative estimate of drug-likeness (QED) is 0.665. The normalized spacial score (nSPS) is 31.1. The molecule has 0 N–H and O–H groups in total. The van der Waals surface area contributed by atoms with Crippen LogP contribution < -0.4 is 0 Å². The molecule has 0 aromatic carbocycles. The number of fused-ring (bicyclic) bond motifs is 1. The van der Waals surface area contributed by atoms with Gasteiger partial charge in [-0.2, -0.15) is 0 Å². The Kier molecular flexibility index (Phi) is 3.04. The second-order valence-corrected chi connectivity index (χ2v) is 4.20. The molecule has 2 heterocycles. The molecule has 2 heteroatoms. The predicted molar refractivity (Wildman–Crippen MR) is 58.3 cm³/mol. The third kappa shape index (κ3) is 1.77. The lowest BCUT2D eigenvalue weighted by Crippen LogP contribution is -2.34. The number of nitrogens with zero attached hydrogens (tertiary/aromatic N) is 1. The zero-order valence-corrected chi connectivity index (χ0v) is 8.96. The topological polar surface area (TPSA) is 12.5 Å². The molecule has 0 spiro atoms. The van der Waals surface area contributed by atoms with Gasteiger partial charge in [0, 0.05) is 19.7 Å². The molecule has 0 aliphatic carbocycles. The van der Waals surface area contributed by atoms with E-state index in [0.717, 1.165) is 13.2 Å². The standard InChI is InChI=1S/C12H19NO/c1-10-9-13-7-4-3-5-12(13)11(10)6-8-14-2/h6,12H,1,3-5,7-9H2,2H3/b11-6-. The highest BCUT2D eigenvalue weighted by atomic mass is 16.5. The summed E-state index contributed by atoms with van der Waals surface area (Å²) in [4.78, 5) is 2.55. The summed E-state index contributed by atoms with van der Waals surface area (Å²) in [7, 11) is 1.74. The maximum atomic E-state index is 5.10. The molecule has 2 nitrogen and oxygen atoms in total. The highest BCUT2D eigenvalue weighted by Gasteiger charge is 2.32. The van der Waals surface area contributed by atoms with Crippen LogP contribution in [0.5, 0.6) is 0 Å². The number of methoxy groups -OCH3 is 1. The average molecular weight is 193 g/mol. The van der Waals surface area contributed by atoms with E-state index in [1.807, 2.05) is 0 Å². The minimum atomic E-state index is 0.645. The van der Waals surface area contributed by atoms with E-state index < -0.39 is 0 Å². The maximum Gasteiger partial charge on any atom is 0.0650 e. The van der Waals surface area contributed by atoms with E-state index in [1.54, 1.807) is 7.11 Å². The van der Waals surface area contributed by atoms with Crippen molar-refractivity contribution in [1.82, 2.24) is 4.90 Å². The van der Waals surface area contributed by atoms with Crippen molar-refractivity contribution in [3.63, 3.8) is 0 Å². The van der Waals surface area contributed by atoms with E-state index >= 15 is 0 Å². The molecule has 2 aliphatic heterocycles. The second kappa shape index (κ2) is 4.28. The van der Waals surface area contributed by atoms with Gasteiger partial charge in [0.15, 0.2) is 0 Å². The van der Waals surface area contributed by atoms with Gasteiger partial charge in [0.1, 0.15) is 0 Å². The summed E-state index contributed by atoms with van der Waals surface area (Å²) in [5.41, 5.74) is 2.74. The summed E-state index contributed by atoms with van der Waals surface area (Å²) in [5.74, 6) is 0. The smallest absolute Gasteiger partial charge is 0.0650 e. The van der Waals surface area contributed by atoms with Crippen LogP contribution in [0, 0.1) is 0 Å². The lowest BCUT2D eigenvalue weighted by Gasteiger charge is -2.29. The van der Waals surface area contributed by atoms with Gasteiger partial charge >= 0.3 is 0 Å². The van der Waals surface area contributed by atoms with Crippen molar-refractivity contribution < 1.29 is 4.74 Å². The fraction of sp³-hybridized carbons (Fsp3) is 0.667. The summed E-state index contributed by atoms with van der Waals surface area (Å²) in [5, 5.41) is 0. The Morgan fingerprint density at radius 1 is 1.57 bits per heavy atom. The molecule has 0 saturated carbocycles. The number of hydrogen-bond acceptors (Lipinski definition) is 2. The molecule has 1 atom stereocenters. The van der Waals surface area contributed by atoms with E-state index in [2.05, 4.69) is 17.6 Å². The molecule has 2 rings (SSSR count). The van der Waals surface area contributed by atoms with Gasteiger partial charge in [0.2, 0.25) is 0 Å². The van der Waals surface area contributed by atoms with E-state index in [9.17, 15) is 0 Å². The Bertz CT molecular complexity index is 257. The molecule has 0 amide bonds. The highest BCUT2D eigenvalue weighted by Crippen LogP contribution is 2.33. The molecule has 2 saturated heterocycles. The number of hydrogen-bond donors (Lipinski definition) is 0. The van der Waals surface area contributed by atoms with Crippen molar-refractivity contribution >= 4 is 0 Å². The van der Waals surface area contributed by atoms with E-state index in [1.165, 1.54) is 37.0 Å². The lowest BCUT2D eigenvalue weighted by atomic mass is 9.97. The molecule has 2 aliphatic rings. The molecule has 78 valence electrons. The van der Waals surface area contributed by atoms with Gasteiger partial charge in [-0.25, -0.2) is 0 Å². The molecule has 14 heavy (non-hydrogen) atoms. The third-order valence-electron chi connectivity index (χ3n) is 3.24. The first kappa shape index (κ1) is 9.94. The predicted octanol–water partition coefficient (Wildman–Crippen LogP) is 1.98. The van der Waals surface area contributed by atoms with Crippen LogP contribution in [0.15, 0.2) is 23.8 Å². The van der Waals surface area contributed by atoms with Crippen molar-refractivity contribution in [2.24, 2.45) is 0 Å². The fourth-order valence-electron chi connectivity index (χ4n) is 2.56. The van der Waals surface area contributed by atoms with E-state index in [-0.39, 0.29) is 0 Å². The summed E-state index contributed by atoms with van der Waals surface area (Å²) in [6.45, 7) is 7.18. The van der Waals surface area contributed by atoms with Crippen LogP contribution in [0.25, 0.3) is 0 Å². The van der Waals surface area contributed by atoms with Crippen molar-refractivity contribution in [1.29, 1.82) is 0 Å². The number of piperidine rings is 1. The van der Waals surface area contributed by atoms with Gasteiger partial charge in [-0.3, -0.25) is 4.90 Å². The molecule has 0 aromatic rings. The number of rotatable bonds is 2. The third-order valence-corrected chi connectivity index (χ3v) is 3.24. The van der Waals surface area contributed by atoms with Gasteiger partial charge in [-0.1, -0.05) is 19.1 Å². The van der Waals surface area contributed by atoms with Crippen LogP contribution in [-0.2, 0) is 4.74 Å². The van der Waals surface area contributed by atoms with Crippen molar-refractivity contribution in [3.8, 4) is 0 Å². The Morgan fingerprint density at radius 2 is 2.43 bits per heavy atom. The summed E-state index contributed by atoms with van der Waals surface area (Å²) < 4.78 is 5.10. The Hall–Kier alpha value is -0.600.